The van der Waals surface area contributed by atoms with Crippen LogP contribution in [-0.4, -0.2) is 37.5 Å². The lowest BCUT2D eigenvalue weighted by atomic mass is 10.1. The number of nitrogens with zero attached hydrogens (tertiary/aromatic N) is 2. The van der Waals surface area contributed by atoms with Crippen LogP contribution < -0.4 is 10.6 Å². The monoisotopic (exact) mass is 468 g/mol. The SMILES string of the molecule is CN=C(NCc1cccc(C)c1)NCC(c1ccco1)N1CCCC1.I. The second-order valence-corrected chi connectivity index (χ2v) is 6.57. The van der Waals surface area contributed by atoms with Crippen molar-refractivity contribution in [1.29, 1.82) is 0 Å². The lowest BCUT2D eigenvalue weighted by Crippen LogP contribution is -2.42. The maximum Gasteiger partial charge on any atom is 0.191 e. The van der Waals surface area contributed by atoms with Gasteiger partial charge in [-0.25, -0.2) is 0 Å². The first kappa shape index (κ1) is 20.8. The van der Waals surface area contributed by atoms with Crippen LogP contribution in [-0.2, 0) is 6.54 Å². The van der Waals surface area contributed by atoms with Crippen molar-refractivity contribution in [3.63, 3.8) is 0 Å². The molecule has 0 spiro atoms. The Bertz CT molecular complexity index is 681. The fourth-order valence-corrected chi connectivity index (χ4v) is 3.37. The highest BCUT2D eigenvalue weighted by molar-refractivity contribution is 14.0. The second-order valence-electron chi connectivity index (χ2n) is 6.57. The summed E-state index contributed by atoms with van der Waals surface area (Å²) in [7, 11) is 1.81. The van der Waals surface area contributed by atoms with Gasteiger partial charge in [0.2, 0.25) is 0 Å². The van der Waals surface area contributed by atoms with Crippen LogP contribution in [0.25, 0.3) is 0 Å². The van der Waals surface area contributed by atoms with Crippen LogP contribution in [0.3, 0.4) is 0 Å². The zero-order chi connectivity index (χ0) is 17.5. The molecule has 0 radical (unpaired) electrons. The van der Waals surface area contributed by atoms with Crippen molar-refractivity contribution in [3.8, 4) is 0 Å². The molecule has 6 heteroatoms. The molecule has 1 aliphatic rings. The zero-order valence-electron chi connectivity index (χ0n) is 15.6. The number of aryl methyl sites for hydroxylation is 1. The topological polar surface area (TPSA) is 52.8 Å². The van der Waals surface area contributed by atoms with Crippen LogP contribution in [0.4, 0.5) is 0 Å². The van der Waals surface area contributed by atoms with Crippen LogP contribution in [0.1, 0.15) is 35.8 Å². The lowest BCUT2D eigenvalue weighted by molar-refractivity contribution is 0.215. The quantitative estimate of drug-likeness (QED) is 0.386. The number of benzene rings is 1. The summed E-state index contributed by atoms with van der Waals surface area (Å²) in [5, 5.41) is 6.85. The molecule has 1 aromatic carbocycles. The molecule has 1 fully saturated rings. The van der Waals surface area contributed by atoms with E-state index in [4.69, 9.17) is 4.42 Å². The van der Waals surface area contributed by atoms with Crippen molar-refractivity contribution in [2.75, 3.05) is 26.7 Å². The molecule has 2 heterocycles. The summed E-state index contributed by atoms with van der Waals surface area (Å²) >= 11 is 0. The zero-order valence-corrected chi connectivity index (χ0v) is 17.9. The first-order valence-electron chi connectivity index (χ1n) is 9.04. The lowest BCUT2D eigenvalue weighted by Gasteiger charge is -2.26. The molecule has 0 saturated carbocycles. The molecule has 142 valence electrons. The fourth-order valence-electron chi connectivity index (χ4n) is 3.37. The van der Waals surface area contributed by atoms with Gasteiger partial charge in [-0.05, 0) is 50.6 Å². The van der Waals surface area contributed by atoms with E-state index in [9.17, 15) is 0 Å². The maximum absolute atomic E-state index is 5.67. The number of rotatable bonds is 6. The Balaban J connectivity index is 0.00000243. The molecular formula is C20H29IN4O. The van der Waals surface area contributed by atoms with Gasteiger partial charge < -0.3 is 15.1 Å². The molecule has 5 nitrogen and oxygen atoms in total. The van der Waals surface area contributed by atoms with Crippen molar-refractivity contribution in [2.24, 2.45) is 4.99 Å². The van der Waals surface area contributed by atoms with E-state index in [0.29, 0.717) is 0 Å². The van der Waals surface area contributed by atoms with Crippen molar-refractivity contribution in [2.45, 2.75) is 32.4 Å². The van der Waals surface area contributed by atoms with Gasteiger partial charge in [0.05, 0.1) is 12.3 Å². The Kier molecular flexibility index (Phi) is 8.44. The molecule has 2 N–H and O–H groups in total. The first-order chi connectivity index (χ1) is 12.3. The largest absolute Gasteiger partial charge is 0.468 e. The highest BCUT2D eigenvalue weighted by Crippen LogP contribution is 2.24. The summed E-state index contributed by atoms with van der Waals surface area (Å²) in [6.45, 7) is 5.91. The second kappa shape index (κ2) is 10.6. The van der Waals surface area contributed by atoms with Gasteiger partial charge in [0, 0.05) is 20.1 Å². The van der Waals surface area contributed by atoms with Gasteiger partial charge in [-0.15, -0.1) is 24.0 Å². The molecule has 1 saturated heterocycles. The minimum Gasteiger partial charge on any atom is -0.468 e. The van der Waals surface area contributed by atoms with Crippen LogP contribution in [0, 0.1) is 6.92 Å². The molecule has 0 amide bonds. The molecule has 0 bridgehead atoms. The highest BCUT2D eigenvalue weighted by Gasteiger charge is 2.25. The Labute approximate surface area is 173 Å². The molecule has 2 aromatic rings. The summed E-state index contributed by atoms with van der Waals surface area (Å²) in [5.41, 5.74) is 2.53. The highest BCUT2D eigenvalue weighted by atomic mass is 127. The van der Waals surface area contributed by atoms with E-state index >= 15 is 0 Å². The van der Waals surface area contributed by atoms with Crippen molar-refractivity contribution in [3.05, 3.63) is 59.5 Å². The number of hydrogen-bond acceptors (Lipinski definition) is 3. The first-order valence-corrected chi connectivity index (χ1v) is 9.04. The molecule has 1 atom stereocenters. The molecule has 0 aliphatic carbocycles. The average molecular weight is 468 g/mol. The van der Waals surface area contributed by atoms with Gasteiger partial charge in [-0.2, -0.15) is 0 Å². The Morgan fingerprint density at radius 1 is 1.19 bits per heavy atom. The van der Waals surface area contributed by atoms with E-state index in [1.807, 2.05) is 13.1 Å². The predicted octanol–water partition coefficient (Wildman–Crippen LogP) is 3.71. The van der Waals surface area contributed by atoms with E-state index in [1.165, 1.54) is 24.0 Å². The van der Waals surface area contributed by atoms with Crippen LogP contribution >= 0.6 is 24.0 Å². The standard InChI is InChI=1S/C20H28N4O.HI/c1-16-7-5-8-17(13-16)14-22-20(21-2)23-15-18(19-9-6-12-25-19)24-10-3-4-11-24;/h5-9,12-13,18H,3-4,10-11,14-15H2,1-2H3,(H2,21,22,23);1H. The number of likely N-dealkylation sites (tertiary alicyclic amines) is 1. The fraction of sp³-hybridized carbons (Fsp3) is 0.450. The van der Waals surface area contributed by atoms with Crippen molar-refractivity contribution in [1.82, 2.24) is 15.5 Å². The molecular weight excluding hydrogens is 439 g/mol. The predicted molar refractivity (Wildman–Crippen MR) is 117 cm³/mol. The van der Waals surface area contributed by atoms with Crippen LogP contribution in [0.5, 0.6) is 0 Å². The van der Waals surface area contributed by atoms with Gasteiger partial charge >= 0.3 is 0 Å². The van der Waals surface area contributed by atoms with Gasteiger partial charge in [0.1, 0.15) is 5.76 Å². The van der Waals surface area contributed by atoms with Gasteiger partial charge in [-0.3, -0.25) is 9.89 Å². The van der Waals surface area contributed by atoms with Gasteiger partial charge in [0.25, 0.3) is 0 Å². The third-order valence-electron chi connectivity index (χ3n) is 4.68. The normalized spacial score (nSPS) is 16.2. The number of furan rings is 1. The summed E-state index contributed by atoms with van der Waals surface area (Å²) in [6, 6.07) is 12.8. The number of halogens is 1. The van der Waals surface area contributed by atoms with Crippen LogP contribution in [0.2, 0.25) is 0 Å². The van der Waals surface area contributed by atoms with Gasteiger partial charge in [-0.1, -0.05) is 29.8 Å². The summed E-state index contributed by atoms with van der Waals surface area (Å²) in [6.07, 6.45) is 4.28. The van der Waals surface area contributed by atoms with E-state index in [2.05, 4.69) is 57.8 Å². The van der Waals surface area contributed by atoms with Crippen molar-refractivity contribution >= 4 is 29.9 Å². The van der Waals surface area contributed by atoms with E-state index < -0.39 is 0 Å². The number of nitrogens with one attached hydrogen (secondary N) is 2. The number of hydrogen-bond donors (Lipinski definition) is 2. The minimum atomic E-state index is 0. The van der Waals surface area contributed by atoms with Gasteiger partial charge in [0.15, 0.2) is 5.96 Å². The third-order valence-corrected chi connectivity index (χ3v) is 4.68. The molecule has 1 unspecified atom stereocenters. The summed E-state index contributed by atoms with van der Waals surface area (Å²) in [4.78, 5) is 6.84. The smallest absolute Gasteiger partial charge is 0.191 e. The van der Waals surface area contributed by atoms with Crippen LogP contribution in [0.15, 0.2) is 52.1 Å². The summed E-state index contributed by atoms with van der Waals surface area (Å²) in [5.74, 6) is 1.83. The minimum absolute atomic E-state index is 0. The number of guanidine groups is 1. The van der Waals surface area contributed by atoms with E-state index in [-0.39, 0.29) is 30.0 Å². The van der Waals surface area contributed by atoms with E-state index in [1.54, 1.807) is 6.26 Å². The maximum atomic E-state index is 5.67. The third kappa shape index (κ3) is 5.74. The average Bonchev–Trinajstić information content (AvgIpc) is 3.32. The Hall–Kier alpha value is -1.54. The molecule has 1 aliphatic heterocycles. The Morgan fingerprint density at radius 2 is 2.00 bits per heavy atom. The number of aliphatic imine (C=N–C) groups is 1. The molecule has 26 heavy (non-hydrogen) atoms. The molecule has 3 rings (SSSR count). The van der Waals surface area contributed by atoms with Crippen molar-refractivity contribution < 1.29 is 4.42 Å². The summed E-state index contributed by atoms with van der Waals surface area (Å²) < 4.78 is 5.67. The van der Waals surface area contributed by atoms with E-state index in [0.717, 1.165) is 37.9 Å². The molecule has 1 aromatic heterocycles. The Morgan fingerprint density at radius 3 is 2.65 bits per heavy atom.